The van der Waals surface area contributed by atoms with E-state index in [1.165, 1.54) is 23.3 Å². The van der Waals surface area contributed by atoms with Crippen molar-refractivity contribution in [3.63, 3.8) is 0 Å². The van der Waals surface area contributed by atoms with Crippen LogP contribution in [0.25, 0.3) is 0 Å². The molecule has 0 aromatic heterocycles. The summed E-state index contributed by atoms with van der Waals surface area (Å²) in [7, 11) is -3.81. The van der Waals surface area contributed by atoms with Gasteiger partial charge >= 0.3 is 6.18 Å². The van der Waals surface area contributed by atoms with Crippen molar-refractivity contribution in [2.45, 2.75) is 12.2 Å². The van der Waals surface area contributed by atoms with Crippen molar-refractivity contribution in [1.29, 1.82) is 0 Å². The molecule has 0 fully saturated rings. The molecule has 2 heterocycles. The first-order chi connectivity index (χ1) is 12.6. The molecule has 1 aromatic rings. The van der Waals surface area contributed by atoms with Gasteiger partial charge in [-0.25, -0.2) is 12.8 Å². The lowest BCUT2D eigenvalue weighted by Crippen LogP contribution is -2.45. The van der Waals surface area contributed by atoms with Crippen molar-refractivity contribution < 1.29 is 30.8 Å². The van der Waals surface area contributed by atoms with Gasteiger partial charge in [0.15, 0.2) is 11.9 Å². The van der Waals surface area contributed by atoms with E-state index in [0.717, 1.165) is 24.3 Å². The molecule has 0 saturated carbocycles. The Morgan fingerprint density at radius 1 is 1.22 bits per heavy atom. The largest absolute Gasteiger partial charge is 0.412 e. The normalized spacial score (nSPS) is 19.6. The highest BCUT2D eigenvalue weighted by atomic mass is 32.2. The zero-order valence-corrected chi connectivity index (χ0v) is 14.4. The summed E-state index contributed by atoms with van der Waals surface area (Å²) >= 11 is 0. The number of hydrogen-bond acceptors (Lipinski definition) is 4. The van der Waals surface area contributed by atoms with E-state index in [0.29, 0.717) is 0 Å². The maximum absolute atomic E-state index is 13.4. The monoisotopic (exact) mass is 403 g/mol. The minimum Gasteiger partial charge on any atom is -0.337 e. The summed E-state index contributed by atoms with van der Waals surface area (Å²) in [5.41, 5.74) is -0.670. The second-order valence-electron chi connectivity index (χ2n) is 5.82. The molecule has 144 valence electrons. The summed E-state index contributed by atoms with van der Waals surface area (Å²) in [6.07, 6.45) is -0.778. The van der Waals surface area contributed by atoms with Crippen LogP contribution in [0, 0.1) is 5.82 Å². The van der Waals surface area contributed by atoms with Gasteiger partial charge < -0.3 is 10.2 Å². The second kappa shape index (κ2) is 6.80. The van der Waals surface area contributed by atoms with Gasteiger partial charge in [-0.1, -0.05) is 12.1 Å². The average molecular weight is 403 g/mol. The van der Waals surface area contributed by atoms with E-state index >= 15 is 0 Å². The molecule has 0 spiro atoms. The highest BCUT2D eigenvalue weighted by molar-refractivity contribution is 7.90. The maximum atomic E-state index is 13.4. The third-order valence-corrected chi connectivity index (χ3v) is 5.06. The van der Waals surface area contributed by atoms with Crippen LogP contribution in [0.5, 0.6) is 0 Å². The van der Waals surface area contributed by atoms with Crippen molar-refractivity contribution in [2.24, 2.45) is 4.40 Å². The van der Waals surface area contributed by atoms with Gasteiger partial charge in [0.05, 0.1) is 11.3 Å². The summed E-state index contributed by atoms with van der Waals surface area (Å²) < 4.78 is 80.1. The van der Waals surface area contributed by atoms with E-state index in [2.05, 4.69) is 4.40 Å². The van der Waals surface area contributed by atoms with Crippen LogP contribution < -0.4 is 5.32 Å². The number of carbonyl (C=O) groups excluding carboxylic acids is 1. The van der Waals surface area contributed by atoms with Crippen molar-refractivity contribution in [3.8, 4) is 0 Å². The Bertz CT molecular complexity index is 950. The molecule has 3 rings (SSSR count). The first kappa shape index (κ1) is 19.1. The number of carbonyl (C=O) groups is 1. The molecule has 6 nitrogen and oxygen atoms in total. The van der Waals surface area contributed by atoms with Crippen LogP contribution in [0.1, 0.15) is 11.6 Å². The van der Waals surface area contributed by atoms with E-state index in [-0.39, 0.29) is 29.3 Å². The third kappa shape index (κ3) is 4.18. The molecule has 0 bridgehead atoms. The molecule has 2 aliphatic heterocycles. The number of nitrogens with zero attached hydrogens (tertiary/aromatic N) is 2. The Hall–Kier alpha value is -2.69. The molecule has 0 saturated heterocycles. The molecule has 1 atom stereocenters. The number of sulfonamides is 1. The van der Waals surface area contributed by atoms with Crippen molar-refractivity contribution in [2.75, 3.05) is 12.3 Å². The quantitative estimate of drug-likeness (QED) is 0.784. The van der Waals surface area contributed by atoms with Crippen LogP contribution in [-0.4, -0.2) is 43.5 Å². The average Bonchev–Trinajstić information content (AvgIpc) is 2.58. The molecule has 1 aromatic carbocycles. The molecule has 0 aliphatic carbocycles. The Morgan fingerprint density at radius 2 is 1.89 bits per heavy atom. The highest BCUT2D eigenvalue weighted by Gasteiger charge is 2.43. The summed E-state index contributed by atoms with van der Waals surface area (Å²) in [4.78, 5) is 13.8. The van der Waals surface area contributed by atoms with Gasteiger partial charge in [-0.2, -0.15) is 13.2 Å². The summed E-state index contributed by atoms with van der Waals surface area (Å²) in [5, 5.41) is 1.83. The molecule has 11 heteroatoms. The predicted molar refractivity (Wildman–Crippen MR) is 88.5 cm³/mol. The van der Waals surface area contributed by atoms with Gasteiger partial charge in [0, 0.05) is 12.7 Å². The van der Waals surface area contributed by atoms with E-state index < -0.39 is 34.0 Å². The van der Waals surface area contributed by atoms with Crippen LogP contribution in [0.3, 0.4) is 0 Å². The van der Waals surface area contributed by atoms with Crippen LogP contribution in [0.15, 0.2) is 52.6 Å². The number of nitrogens with one attached hydrogen (secondary N) is 1. The Morgan fingerprint density at radius 3 is 2.52 bits per heavy atom. The zero-order chi connectivity index (χ0) is 19.8. The molecule has 1 N–H and O–H groups in total. The Labute approximate surface area is 151 Å². The maximum Gasteiger partial charge on any atom is 0.412 e. The lowest BCUT2D eigenvalue weighted by atomic mass is 10.0. The van der Waals surface area contributed by atoms with E-state index in [4.69, 9.17) is 0 Å². The lowest BCUT2D eigenvalue weighted by molar-refractivity contribution is -0.162. The molecule has 2 aliphatic rings. The number of amides is 1. The number of allylic oxidation sites excluding steroid dienone is 2. The van der Waals surface area contributed by atoms with Crippen LogP contribution in [0.4, 0.5) is 17.6 Å². The number of alkyl halides is 3. The van der Waals surface area contributed by atoms with Crippen molar-refractivity contribution >= 4 is 21.8 Å². The number of halogens is 4. The summed E-state index contributed by atoms with van der Waals surface area (Å²) in [6.45, 7) is 0.0307. The minimum absolute atomic E-state index is 0.0307. The fourth-order valence-electron chi connectivity index (χ4n) is 2.61. The van der Waals surface area contributed by atoms with Gasteiger partial charge in [-0.15, -0.1) is 4.40 Å². The first-order valence-corrected chi connectivity index (χ1v) is 9.29. The van der Waals surface area contributed by atoms with Crippen molar-refractivity contribution in [1.82, 2.24) is 10.2 Å². The smallest absolute Gasteiger partial charge is 0.337 e. The highest BCUT2D eigenvalue weighted by Crippen LogP contribution is 2.33. The number of benzene rings is 1. The third-order valence-electron chi connectivity index (χ3n) is 3.91. The topological polar surface area (TPSA) is 78.8 Å². The van der Waals surface area contributed by atoms with Gasteiger partial charge in [-0.05, 0) is 29.8 Å². The van der Waals surface area contributed by atoms with E-state index in [1.54, 1.807) is 0 Å². The van der Waals surface area contributed by atoms with Gasteiger partial charge in [-0.3, -0.25) is 4.79 Å². The van der Waals surface area contributed by atoms with Gasteiger partial charge in [0.25, 0.3) is 15.9 Å². The Balaban J connectivity index is 1.92. The molecular weight excluding hydrogens is 390 g/mol. The first-order valence-electron chi connectivity index (χ1n) is 7.68. The fourth-order valence-corrected chi connectivity index (χ4v) is 3.60. The van der Waals surface area contributed by atoms with Crippen LogP contribution >= 0.6 is 0 Å². The Kier molecular flexibility index (Phi) is 4.81. The number of rotatable bonds is 3. The number of hydrogen-bond donors (Lipinski definition) is 1. The number of amidine groups is 1. The summed E-state index contributed by atoms with van der Waals surface area (Å²) in [5.74, 6) is -2.37. The molecule has 1 amide bonds. The minimum atomic E-state index is -4.85. The van der Waals surface area contributed by atoms with Crippen molar-refractivity contribution in [3.05, 3.63) is 59.6 Å². The molecular formula is C16H13F4N3O3S. The molecule has 1 unspecified atom stereocenters. The van der Waals surface area contributed by atoms with Gasteiger partial charge in [0.1, 0.15) is 5.82 Å². The molecule has 27 heavy (non-hydrogen) atoms. The summed E-state index contributed by atoms with van der Waals surface area (Å²) in [6, 6.07) is 1.13. The van der Waals surface area contributed by atoms with E-state index in [9.17, 15) is 30.8 Å². The number of fused-ring (bicyclic) bond motifs is 1. The standard InChI is InChI=1S/C16H13F4N3O3S/c17-11-5-3-10(4-6-11)13(16(18,19)20)21-15(24)12-2-1-7-23-8-9-27(25,26)22-14(12)23/h1-7,13H,8-9H2,(H,21,24). The molecule has 0 radical (unpaired) electrons. The van der Waals surface area contributed by atoms with E-state index in [1.807, 2.05) is 5.32 Å². The second-order valence-corrected chi connectivity index (χ2v) is 7.57. The zero-order valence-electron chi connectivity index (χ0n) is 13.6. The lowest BCUT2D eigenvalue weighted by Gasteiger charge is -2.29. The predicted octanol–water partition coefficient (Wildman–Crippen LogP) is 2.04. The SMILES string of the molecule is O=C(NC(c1ccc(F)cc1)C(F)(F)F)C1=CC=CN2CCS(=O)(=O)N=C12. The fraction of sp³-hybridized carbons (Fsp3) is 0.250. The van der Waals surface area contributed by atoms with Crippen LogP contribution in [0.2, 0.25) is 0 Å². The van der Waals surface area contributed by atoms with Crippen LogP contribution in [-0.2, 0) is 14.8 Å². The van der Waals surface area contributed by atoms with Gasteiger partial charge in [0.2, 0.25) is 0 Å².